The van der Waals surface area contributed by atoms with E-state index >= 15 is 0 Å². The Morgan fingerprint density at radius 2 is 1.93 bits per heavy atom. The van der Waals surface area contributed by atoms with E-state index in [1.165, 1.54) is 0 Å². The zero-order chi connectivity index (χ0) is 20.7. The normalized spacial score (nSPS) is 19.3. The van der Waals surface area contributed by atoms with Crippen molar-refractivity contribution >= 4 is 5.52 Å². The third-order valence-electron chi connectivity index (χ3n) is 5.77. The smallest absolute Gasteiger partial charge is 0.175 e. The number of fused-ring (bicyclic) bond motifs is 1. The molecule has 0 aromatic carbocycles. The maximum Gasteiger partial charge on any atom is 0.175 e. The number of ether oxygens (including phenoxy) is 1. The number of hydrogen-bond acceptors (Lipinski definition) is 6. The summed E-state index contributed by atoms with van der Waals surface area (Å²) >= 11 is 0. The van der Waals surface area contributed by atoms with Gasteiger partial charge in [0.1, 0.15) is 6.10 Å². The Bertz CT molecular complexity index is 1160. The molecular weight excluding hydrogens is 382 g/mol. The first-order valence-electron chi connectivity index (χ1n) is 10.4. The average molecular weight is 407 g/mol. The molecule has 0 bridgehead atoms. The molecule has 9 heteroatoms. The van der Waals surface area contributed by atoms with Crippen LogP contribution < -0.4 is 0 Å². The summed E-state index contributed by atoms with van der Waals surface area (Å²) in [6.45, 7) is 4.88. The van der Waals surface area contributed by atoms with E-state index in [1.54, 1.807) is 17.1 Å². The van der Waals surface area contributed by atoms with Crippen LogP contribution in [0, 0.1) is 0 Å². The van der Waals surface area contributed by atoms with E-state index in [-0.39, 0.29) is 0 Å². The van der Waals surface area contributed by atoms with Gasteiger partial charge in [0.05, 0.1) is 54.3 Å². The number of aliphatic hydroxyl groups is 1. The summed E-state index contributed by atoms with van der Waals surface area (Å²) in [6.07, 6.45) is 12.8. The van der Waals surface area contributed by atoms with Crippen molar-refractivity contribution in [1.82, 2.24) is 34.2 Å². The van der Waals surface area contributed by atoms with Crippen molar-refractivity contribution in [3.63, 3.8) is 0 Å². The van der Waals surface area contributed by atoms with Gasteiger partial charge in [-0.05, 0) is 18.9 Å². The van der Waals surface area contributed by atoms with Crippen LogP contribution in [0.5, 0.6) is 0 Å². The van der Waals surface area contributed by atoms with Crippen molar-refractivity contribution in [1.29, 1.82) is 0 Å². The van der Waals surface area contributed by atoms with Crippen LogP contribution in [0.2, 0.25) is 0 Å². The lowest BCUT2D eigenvalue weighted by Gasteiger charge is -2.13. The van der Waals surface area contributed by atoms with E-state index in [2.05, 4.69) is 35.3 Å². The Balaban J connectivity index is 1.55. The van der Waals surface area contributed by atoms with Gasteiger partial charge in [-0.1, -0.05) is 13.8 Å². The summed E-state index contributed by atoms with van der Waals surface area (Å²) in [5.41, 5.74) is 4.28. The van der Waals surface area contributed by atoms with Gasteiger partial charge < -0.3 is 9.84 Å². The predicted molar refractivity (Wildman–Crippen MR) is 111 cm³/mol. The van der Waals surface area contributed by atoms with E-state index < -0.39 is 12.3 Å². The lowest BCUT2D eigenvalue weighted by atomic mass is 10.1. The Labute approximate surface area is 173 Å². The van der Waals surface area contributed by atoms with Gasteiger partial charge in [-0.15, -0.1) is 0 Å². The SMILES string of the molecule is CCC(CC)n1cc(-c2nc(-c3cnn([C@H]4OCC[C@@H]4O)c3)cn3nccc23)cn1. The summed E-state index contributed by atoms with van der Waals surface area (Å²) in [5.74, 6) is 0. The van der Waals surface area contributed by atoms with E-state index in [1.807, 2.05) is 33.9 Å². The molecule has 0 amide bonds. The molecule has 5 rings (SSSR count). The van der Waals surface area contributed by atoms with E-state index in [0.29, 0.717) is 19.1 Å². The molecule has 4 aromatic rings. The van der Waals surface area contributed by atoms with Crippen LogP contribution in [0.3, 0.4) is 0 Å². The lowest BCUT2D eigenvalue weighted by molar-refractivity contribution is -0.0168. The van der Waals surface area contributed by atoms with Gasteiger partial charge in [0.25, 0.3) is 0 Å². The number of aromatic nitrogens is 7. The van der Waals surface area contributed by atoms with Gasteiger partial charge in [0, 0.05) is 29.9 Å². The van der Waals surface area contributed by atoms with E-state index in [0.717, 1.165) is 40.9 Å². The Hall–Kier alpha value is -3.04. The van der Waals surface area contributed by atoms with Gasteiger partial charge in [-0.25, -0.2) is 14.2 Å². The van der Waals surface area contributed by atoms with Crippen molar-refractivity contribution in [2.24, 2.45) is 0 Å². The van der Waals surface area contributed by atoms with E-state index in [9.17, 15) is 5.11 Å². The van der Waals surface area contributed by atoms with Crippen molar-refractivity contribution in [2.45, 2.75) is 51.5 Å². The lowest BCUT2D eigenvalue weighted by Crippen LogP contribution is -2.19. The van der Waals surface area contributed by atoms with E-state index in [4.69, 9.17) is 9.72 Å². The molecule has 1 aliphatic rings. The fourth-order valence-corrected chi connectivity index (χ4v) is 4.03. The number of rotatable bonds is 6. The van der Waals surface area contributed by atoms with Crippen molar-refractivity contribution in [2.75, 3.05) is 6.61 Å². The minimum absolute atomic E-state index is 0.374. The molecule has 156 valence electrons. The molecule has 1 aliphatic heterocycles. The summed E-state index contributed by atoms with van der Waals surface area (Å²) < 4.78 is 11.1. The zero-order valence-corrected chi connectivity index (χ0v) is 17.1. The van der Waals surface area contributed by atoms with Crippen molar-refractivity contribution < 1.29 is 9.84 Å². The first-order valence-corrected chi connectivity index (χ1v) is 10.4. The van der Waals surface area contributed by atoms with Crippen molar-refractivity contribution in [3.05, 3.63) is 43.2 Å². The molecule has 30 heavy (non-hydrogen) atoms. The fourth-order valence-electron chi connectivity index (χ4n) is 4.03. The maximum atomic E-state index is 10.1. The topological polar surface area (TPSA) is 95.3 Å². The standard InChI is InChI=1S/C21H25N7O2/c1-3-16(4-2)26-12-15(10-23-26)20-18-5-7-22-27(18)13-17(25-20)14-9-24-28(11-14)21-19(29)6-8-30-21/h5,7,9-13,16,19,21,29H,3-4,6,8H2,1-2H3/t19-,21-/m0/s1. The average Bonchev–Trinajstić information content (AvgIpc) is 3.54. The molecular formula is C21H25N7O2. The van der Waals surface area contributed by atoms with Crippen LogP contribution in [0.4, 0.5) is 0 Å². The van der Waals surface area contributed by atoms with Crippen LogP contribution in [-0.4, -0.2) is 52.0 Å². The zero-order valence-electron chi connectivity index (χ0n) is 17.1. The van der Waals surface area contributed by atoms with Gasteiger partial charge >= 0.3 is 0 Å². The molecule has 0 spiro atoms. The molecule has 1 fully saturated rings. The third-order valence-corrected chi connectivity index (χ3v) is 5.77. The predicted octanol–water partition coefficient (Wildman–Crippen LogP) is 3.10. The third kappa shape index (κ3) is 3.20. The number of nitrogens with zero attached hydrogens (tertiary/aromatic N) is 7. The Morgan fingerprint density at radius 3 is 2.70 bits per heavy atom. The second-order valence-corrected chi connectivity index (χ2v) is 7.64. The van der Waals surface area contributed by atoms with Crippen molar-refractivity contribution in [3.8, 4) is 22.5 Å². The molecule has 5 heterocycles. The minimum atomic E-state index is -0.550. The molecule has 0 aliphatic carbocycles. The first kappa shape index (κ1) is 19.0. The van der Waals surface area contributed by atoms with Crippen LogP contribution in [0.1, 0.15) is 45.4 Å². The molecule has 1 saturated heterocycles. The highest BCUT2D eigenvalue weighted by atomic mass is 16.5. The van der Waals surface area contributed by atoms with Gasteiger partial charge in [0.2, 0.25) is 0 Å². The van der Waals surface area contributed by atoms with Gasteiger partial charge in [0.15, 0.2) is 6.23 Å². The highest BCUT2D eigenvalue weighted by Crippen LogP contribution is 2.29. The minimum Gasteiger partial charge on any atom is -0.388 e. The molecule has 0 saturated carbocycles. The van der Waals surface area contributed by atoms with Crippen LogP contribution in [0.25, 0.3) is 28.0 Å². The second-order valence-electron chi connectivity index (χ2n) is 7.64. The van der Waals surface area contributed by atoms with Gasteiger partial charge in [-0.3, -0.25) is 4.68 Å². The summed E-state index contributed by atoms with van der Waals surface area (Å²) in [7, 11) is 0. The number of hydrogen-bond donors (Lipinski definition) is 1. The summed E-state index contributed by atoms with van der Waals surface area (Å²) in [5, 5.41) is 23.5. The molecule has 1 N–H and O–H groups in total. The fraction of sp³-hybridized carbons (Fsp3) is 0.429. The Morgan fingerprint density at radius 1 is 1.10 bits per heavy atom. The first-order chi connectivity index (χ1) is 14.7. The van der Waals surface area contributed by atoms with Crippen LogP contribution >= 0.6 is 0 Å². The van der Waals surface area contributed by atoms with Crippen LogP contribution in [-0.2, 0) is 4.74 Å². The summed E-state index contributed by atoms with van der Waals surface area (Å²) in [4.78, 5) is 4.93. The second kappa shape index (κ2) is 7.66. The highest BCUT2D eigenvalue weighted by molar-refractivity contribution is 5.78. The summed E-state index contributed by atoms with van der Waals surface area (Å²) in [6, 6.07) is 2.33. The largest absolute Gasteiger partial charge is 0.388 e. The highest BCUT2D eigenvalue weighted by Gasteiger charge is 2.28. The quantitative estimate of drug-likeness (QED) is 0.528. The Kier molecular flexibility index (Phi) is 4.84. The molecule has 2 atom stereocenters. The molecule has 9 nitrogen and oxygen atoms in total. The number of aliphatic hydroxyl groups excluding tert-OH is 1. The molecule has 0 unspecified atom stereocenters. The maximum absolute atomic E-state index is 10.1. The van der Waals surface area contributed by atoms with Crippen LogP contribution in [0.15, 0.2) is 43.2 Å². The molecule has 0 radical (unpaired) electrons. The monoisotopic (exact) mass is 407 g/mol. The molecule has 4 aromatic heterocycles. The van der Waals surface area contributed by atoms with Gasteiger partial charge in [-0.2, -0.15) is 15.3 Å².